The second-order valence-corrected chi connectivity index (χ2v) is 5.93. The van der Waals surface area contributed by atoms with Gasteiger partial charge in [0.2, 0.25) is 0 Å². The number of benzene rings is 1. The van der Waals surface area contributed by atoms with E-state index in [9.17, 15) is 0 Å². The Morgan fingerprint density at radius 1 is 1.21 bits per heavy atom. The maximum Gasteiger partial charge on any atom is 0.121 e. The molecule has 0 saturated heterocycles. The van der Waals surface area contributed by atoms with Crippen LogP contribution in [-0.4, -0.2) is 7.11 Å². The van der Waals surface area contributed by atoms with Gasteiger partial charge in [0.05, 0.1) is 7.11 Å². The van der Waals surface area contributed by atoms with E-state index < -0.39 is 0 Å². The van der Waals surface area contributed by atoms with Crippen molar-refractivity contribution in [2.45, 2.75) is 57.9 Å². The Hall–Kier alpha value is -1.02. The quantitative estimate of drug-likeness (QED) is 0.817. The Labute approximate surface area is 117 Å². The van der Waals surface area contributed by atoms with E-state index in [1.54, 1.807) is 7.11 Å². The zero-order chi connectivity index (χ0) is 13.7. The molecule has 0 aliphatic heterocycles. The van der Waals surface area contributed by atoms with E-state index in [1.165, 1.54) is 49.7 Å². The standard InChI is InChI=1S/C17H27NO/c1-13-11-15(9-10-17(13)19-2)16(18)12-14-7-5-3-4-6-8-14/h9-11,14,16H,3-8,12,18H2,1-2H3. The molecule has 1 aliphatic carbocycles. The summed E-state index contributed by atoms with van der Waals surface area (Å²) in [5.74, 6) is 1.77. The molecular weight excluding hydrogens is 234 g/mol. The predicted octanol–water partition coefficient (Wildman–Crippen LogP) is 4.36. The van der Waals surface area contributed by atoms with Crippen LogP contribution in [0.25, 0.3) is 0 Å². The van der Waals surface area contributed by atoms with Gasteiger partial charge >= 0.3 is 0 Å². The molecule has 1 aromatic carbocycles. The summed E-state index contributed by atoms with van der Waals surface area (Å²) in [5, 5.41) is 0. The molecule has 0 bridgehead atoms. The molecule has 1 atom stereocenters. The fourth-order valence-corrected chi connectivity index (χ4v) is 3.23. The summed E-state index contributed by atoms with van der Waals surface area (Å²) < 4.78 is 5.31. The number of ether oxygens (including phenoxy) is 1. The molecule has 1 aliphatic rings. The van der Waals surface area contributed by atoms with E-state index in [4.69, 9.17) is 10.5 Å². The minimum absolute atomic E-state index is 0.174. The molecule has 1 fully saturated rings. The van der Waals surface area contributed by atoms with Crippen molar-refractivity contribution >= 4 is 0 Å². The molecule has 1 saturated carbocycles. The summed E-state index contributed by atoms with van der Waals surface area (Å²) in [5.41, 5.74) is 8.83. The van der Waals surface area contributed by atoms with Gasteiger partial charge in [-0.3, -0.25) is 0 Å². The van der Waals surface area contributed by atoms with Crippen LogP contribution in [-0.2, 0) is 0 Å². The molecule has 2 heteroatoms. The highest BCUT2D eigenvalue weighted by Crippen LogP contribution is 2.31. The van der Waals surface area contributed by atoms with Crippen molar-refractivity contribution in [3.63, 3.8) is 0 Å². The lowest BCUT2D eigenvalue weighted by atomic mass is 9.89. The van der Waals surface area contributed by atoms with Crippen molar-refractivity contribution in [1.82, 2.24) is 0 Å². The van der Waals surface area contributed by atoms with Crippen LogP contribution < -0.4 is 10.5 Å². The first-order valence-corrected chi connectivity index (χ1v) is 7.61. The van der Waals surface area contributed by atoms with Gasteiger partial charge in [0.15, 0.2) is 0 Å². The summed E-state index contributed by atoms with van der Waals surface area (Å²) in [6.45, 7) is 2.08. The van der Waals surface area contributed by atoms with Gasteiger partial charge in [-0.2, -0.15) is 0 Å². The highest BCUT2D eigenvalue weighted by Gasteiger charge is 2.17. The Morgan fingerprint density at radius 3 is 2.47 bits per heavy atom. The molecule has 1 aromatic rings. The van der Waals surface area contributed by atoms with Gasteiger partial charge in [0.1, 0.15) is 5.75 Å². The van der Waals surface area contributed by atoms with Crippen LogP contribution in [0.15, 0.2) is 18.2 Å². The Kier molecular flexibility index (Phi) is 5.26. The molecule has 2 rings (SSSR count). The van der Waals surface area contributed by atoms with Gasteiger partial charge in [-0.05, 0) is 36.5 Å². The molecule has 0 spiro atoms. The third-order valence-corrected chi connectivity index (χ3v) is 4.41. The smallest absolute Gasteiger partial charge is 0.121 e. The van der Waals surface area contributed by atoms with Crippen LogP contribution >= 0.6 is 0 Å². The predicted molar refractivity (Wildman–Crippen MR) is 80.5 cm³/mol. The number of nitrogens with two attached hydrogens (primary N) is 1. The number of hydrogen-bond donors (Lipinski definition) is 1. The molecule has 0 aromatic heterocycles. The first-order valence-electron chi connectivity index (χ1n) is 7.61. The first kappa shape index (κ1) is 14.4. The number of rotatable bonds is 4. The lowest BCUT2D eigenvalue weighted by molar-refractivity contribution is 0.391. The molecular formula is C17H27NO. The highest BCUT2D eigenvalue weighted by atomic mass is 16.5. The van der Waals surface area contributed by atoms with E-state index >= 15 is 0 Å². The lowest BCUT2D eigenvalue weighted by Gasteiger charge is -2.20. The van der Waals surface area contributed by atoms with Crippen LogP contribution in [0.1, 0.15) is 62.1 Å². The van der Waals surface area contributed by atoms with Crippen molar-refractivity contribution in [3.8, 4) is 5.75 Å². The van der Waals surface area contributed by atoms with E-state index in [1.807, 2.05) is 6.07 Å². The minimum atomic E-state index is 0.174. The number of methoxy groups -OCH3 is 1. The fourth-order valence-electron chi connectivity index (χ4n) is 3.23. The fraction of sp³-hybridized carbons (Fsp3) is 0.647. The summed E-state index contributed by atoms with van der Waals surface area (Å²) in [4.78, 5) is 0. The number of aryl methyl sites for hydroxylation is 1. The zero-order valence-electron chi connectivity index (χ0n) is 12.3. The van der Waals surface area contributed by atoms with Crippen LogP contribution in [0.4, 0.5) is 0 Å². The second-order valence-electron chi connectivity index (χ2n) is 5.93. The average molecular weight is 261 g/mol. The maximum absolute atomic E-state index is 6.40. The molecule has 0 heterocycles. The van der Waals surface area contributed by atoms with Crippen LogP contribution in [0.3, 0.4) is 0 Å². The minimum Gasteiger partial charge on any atom is -0.496 e. The number of hydrogen-bond acceptors (Lipinski definition) is 2. The summed E-state index contributed by atoms with van der Waals surface area (Å²) in [7, 11) is 1.72. The van der Waals surface area contributed by atoms with E-state index in [-0.39, 0.29) is 6.04 Å². The van der Waals surface area contributed by atoms with Gasteiger partial charge in [-0.25, -0.2) is 0 Å². The summed E-state index contributed by atoms with van der Waals surface area (Å²) in [6.07, 6.45) is 9.45. The summed E-state index contributed by atoms with van der Waals surface area (Å²) >= 11 is 0. The summed E-state index contributed by atoms with van der Waals surface area (Å²) in [6, 6.07) is 6.51. The van der Waals surface area contributed by atoms with E-state index in [2.05, 4.69) is 19.1 Å². The zero-order valence-corrected chi connectivity index (χ0v) is 12.3. The van der Waals surface area contributed by atoms with Crippen molar-refractivity contribution in [3.05, 3.63) is 29.3 Å². The van der Waals surface area contributed by atoms with Crippen LogP contribution in [0, 0.1) is 12.8 Å². The van der Waals surface area contributed by atoms with Crippen molar-refractivity contribution < 1.29 is 4.74 Å². The molecule has 0 amide bonds. The third kappa shape index (κ3) is 3.97. The van der Waals surface area contributed by atoms with Crippen molar-refractivity contribution in [1.29, 1.82) is 0 Å². The SMILES string of the molecule is COc1ccc(C(N)CC2CCCCCC2)cc1C. The first-order chi connectivity index (χ1) is 9.20. The van der Waals surface area contributed by atoms with Gasteiger partial charge in [0.25, 0.3) is 0 Å². The van der Waals surface area contributed by atoms with Gasteiger partial charge in [-0.1, -0.05) is 50.7 Å². The molecule has 1 unspecified atom stereocenters. The van der Waals surface area contributed by atoms with E-state index in [0.717, 1.165) is 18.1 Å². The third-order valence-electron chi connectivity index (χ3n) is 4.41. The second kappa shape index (κ2) is 6.95. The Balaban J connectivity index is 1.98. The molecule has 106 valence electrons. The van der Waals surface area contributed by atoms with Gasteiger partial charge in [-0.15, -0.1) is 0 Å². The highest BCUT2D eigenvalue weighted by molar-refractivity contribution is 5.37. The maximum atomic E-state index is 6.40. The Bertz CT molecular complexity index is 394. The van der Waals surface area contributed by atoms with Crippen LogP contribution in [0.2, 0.25) is 0 Å². The van der Waals surface area contributed by atoms with Gasteiger partial charge < -0.3 is 10.5 Å². The van der Waals surface area contributed by atoms with Crippen LogP contribution in [0.5, 0.6) is 5.75 Å². The van der Waals surface area contributed by atoms with Gasteiger partial charge in [0, 0.05) is 6.04 Å². The lowest BCUT2D eigenvalue weighted by Crippen LogP contribution is -2.15. The molecule has 2 nitrogen and oxygen atoms in total. The molecule has 0 radical (unpaired) electrons. The monoisotopic (exact) mass is 261 g/mol. The molecule has 19 heavy (non-hydrogen) atoms. The normalized spacial score (nSPS) is 18.9. The van der Waals surface area contributed by atoms with Crippen molar-refractivity contribution in [2.75, 3.05) is 7.11 Å². The topological polar surface area (TPSA) is 35.2 Å². The average Bonchev–Trinajstić information content (AvgIpc) is 2.67. The largest absolute Gasteiger partial charge is 0.496 e. The Morgan fingerprint density at radius 2 is 1.89 bits per heavy atom. The molecule has 2 N–H and O–H groups in total. The van der Waals surface area contributed by atoms with Crippen molar-refractivity contribution in [2.24, 2.45) is 11.7 Å². The van der Waals surface area contributed by atoms with E-state index in [0.29, 0.717) is 0 Å².